The van der Waals surface area contributed by atoms with Crippen molar-refractivity contribution in [2.45, 2.75) is 50.9 Å². The van der Waals surface area contributed by atoms with Gasteiger partial charge in [-0.1, -0.05) is 0 Å². The molecule has 88 valence electrons. The van der Waals surface area contributed by atoms with Crippen LogP contribution in [0.15, 0.2) is 0 Å². The van der Waals surface area contributed by atoms with E-state index in [1.54, 1.807) is 4.68 Å². The van der Waals surface area contributed by atoms with E-state index in [9.17, 15) is 5.11 Å². The third-order valence-electron chi connectivity index (χ3n) is 3.12. The second-order valence-corrected chi connectivity index (χ2v) is 4.73. The quantitative estimate of drug-likeness (QED) is 0.659. The maximum atomic E-state index is 10.1. The van der Waals surface area contributed by atoms with E-state index in [-0.39, 0.29) is 6.04 Å². The fourth-order valence-electron chi connectivity index (χ4n) is 2.34. The van der Waals surface area contributed by atoms with Gasteiger partial charge in [0, 0.05) is 0 Å². The highest BCUT2D eigenvalue weighted by molar-refractivity contribution is 5.06. The van der Waals surface area contributed by atoms with Crippen molar-refractivity contribution in [1.29, 1.82) is 0 Å². The van der Waals surface area contributed by atoms with Gasteiger partial charge in [-0.25, -0.2) is 4.68 Å². The minimum Gasteiger partial charge on any atom is -0.388 e. The van der Waals surface area contributed by atoms with E-state index in [1.807, 2.05) is 20.8 Å². The van der Waals surface area contributed by atoms with Crippen LogP contribution in [0, 0.1) is 0 Å². The minimum atomic E-state index is -0.711. The number of aromatic nitrogens is 4. The van der Waals surface area contributed by atoms with Crippen molar-refractivity contribution >= 4 is 0 Å². The molecule has 2 aliphatic rings. The normalized spacial score (nSPS) is 40.5. The number of nitrogens with zero attached hydrogens (tertiary/aromatic N) is 4. The number of aliphatic hydroxyl groups is 1. The molecule has 2 aliphatic heterocycles. The van der Waals surface area contributed by atoms with E-state index in [2.05, 4.69) is 15.5 Å². The van der Waals surface area contributed by atoms with Gasteiger partial charge in [0.25, 0.3) is 0 Å². The van der Waals surface area contributed by atoms with Crippen LogP contribution in [0.5, 0.6) is 0 Å². The zero-order chi connectivity index (χ0) is 11.5. The third kappa shape index (κ3) is 1.22. The molecule has 0 bridgehead atoms. The van der Waals surface area contributed by atoms with Gasteiger partial charge in [-0.15, -0.1) is 5.10 Å². The number of hydrogen-bond donors (Lipinski definition) is 1. The van der Waals surface area contributed by atoms with Crippen LogP contribution in [-0.2, 0) is 9.47 Å². The lowest BCUT2D eigenvalue weighted by Gasteiger charge is -2.31. The Bertz CT molecular complexity index is 419. The van der Waals surface area contributed by atoms with Gasteiger partial charge < -0.3 is 14.6 Å². The second-order valence-electron chi connectivity index (χ2n) is 4.73. The van der Waals surface area contributed by atoms with E-state index in [0.717, 1.165) is 0 Å². The van der Waals surface area contributed by atoms with Crippen LogP contribution in [0.25, 0.3) is 0 Å². The average molecular weight is 226 g/mol. The molecule has 1 N–H and O–H groups in total. The predicted molar refractivity (Wildman–Crippen MR) is 51.3 cm³/mol. The number of ether oxygens (including phenoxy) is 2. The summed E-state index contributed by atoms with van der Waals surface area (Å²) in [6.07, 6.45) is -1.46. The van der Waals surface area contributed by atoms with E-state index < -0.39 is 24.1 Å². The van der Waals surface area contributed by atoms with Crippen LogP contribution < -0.4 is 0 Å². The summed E-state index contributed by atoms with van der Waals surface area (Å²) in [6, 6.07) is -0.205. The van der Waals surface area contributed by atoms with Crippen molar-refractivity contribution in [1.82, 2.24) is 20.2 Å². The number of tetrazole rings is 1. The smallest absolute Gasteiger partial charge is 0.183 e. The number of fused-ring (bicyclic) bond motifs is 3. The van der Waals surface area contributed by atoms with Crippen LogP contribution in [-0.4, -0.2) is 43.3 Å². The van der Waals surface area contributed by atoms with Gasteiger partial charge >= 0.3 is 0 Å². The van der Waals surface area contributed by atoms with Gasteiger partial charge in [0.2, 0.25) is 0 Å². The molecule has 0 spiro atoms. The van der Waals surface area contributed by atoms with E-state index in [4.69, 9.17) is 9.47 Å². The molecule has 16 heavy (non-hydrogen) atoms. The Morgan fingerprint density at radius 1 is 1.38 bits per heavy atom. The van der Waals surface area contributed by atoms with Crippen LogP contribution >= 0.6 is 0 Å². The molecule has 3 heterocycles. The fourth-order valence-corrected chi connectivity index (χ4v) is 2.34. The maximum Gasteiger partial charge on any atom is 0.183 e. The molecule has 0 amide bonds. The molecular formula is C9H14N4O3. The molecule has 0 radical (unpaired) electrons. The molecule has 0 saturated carbocycles. The topological polar surface area (TPSA) is 82.3 Å². The Morgan fingerprint density at radius 2 is 2.12 bits per heavy atom. The van der Waals surface area contributed by atoms with Gasteiger partial charge in [0.15, 0.2) is 17.7 Å². The summed E-state index contributed by atoms with van der Waals surface area (Å²) in [4.78, 5) is 0. The highest BCUT2D eigenvalue weighted by Gasteiger charge is 2.52. The summed E-state index contributed by atoms with van der Waals surface area (Å²) >= 11 is 0. The molecule has 1 saturated heterocycles. The lowest BCUT2D eigenvalue weighted by atomic mass is 9.97. The first kappa shape index (κ1) is 10.1. The summed E-state index contributed by atoms with van der Waals surface area (Å²) in [7, 11) is 0. The van der Waals surface area contributed by atoms with Gasteiger partial charge in [-0.2, -0.15) is 0 Å². The van der Waals surface area contributed by atoms with Crippen LogP contribution in [0.2, 0.25) is 0 Å². The standard InChI is InChI=1S/C9H14N4O3/c1-4-5(14)6-7(16-9(2,3)15-6)8-10-11-12-13(4)8/h4-7,14H,1-3H3/t4-,5-,6+,7+/m1/s1. The highest BCUT2D eigenvalue weighted by Crippen LogP contribution is 2.43. The Labute approximate surface area is 92.3 Å². The molecule has 0 unspecified atom stereocenters. The number of rotatable bonds is 0. The molecular weight excluding hydrogens is 212 g/mol. The maximum absolute atomic E-state index is 10.1. The lowest BCUT2D eigenvalue weighted by Crippen LogP contribution is -2.43. The predicted octanol–water partition coefficient (Wildman–Crippen LogP) is -0.199. The van der Waals surface area contributed by atoms with Gasteiger partial charge in [0.05, 0.1) is 6.04 Å². The van der Waals surface area contributed by atoms with Crippen LogP contribution in [0.1, 0.15) is 38.7 Å². The van der Waals surface area contributed by atoms with Crippen molar-refractivity contribution < 1.29 is 14.6 Å². The molecule has 1 aromatic heterocycles. The van der Waals surface area contributed by atoms with E-state index in [0.29, 0.717) is 5.82 Å². The van der Waals surface area contributed by atoms with Crippen molar-refractivity contribution in [3.8, 4) is 0 Å². The Kier molecular flexibility index (Phi) is 1.90. The van der Waals surface area contributed by atoms with Crippen molar-refractivity contribution in [3.63, 3.8) is 0 Å². The largest absolute Gasteiger partial charge is 0.388 e. The molecule has 7 heteroatoms. The van der Waals surface area contributed by atoms with Gasteiger partial charge in [0.1, 0.15) is 12.2 Å². The molecule has 0 aliphatic carbocycles. The van der Waals surface area contributed by atoms with Crippen molar-refractivity contribution in [2.75, 3.05) is 0 Å². The number of hydrogen-bond acceptors (Lipinski definition) is 6. The second kappa shape index (κ2) is 2.99. The average Bonchev–Trinajstić information content (AvgIpc) is 2.77. The Balaban J connectivity index is 2.06. The molecule has 7 nitrogen and oxygen atoms in total. The summed E-state index contributed by atoms with van der Waals surface area (Å²) in [5.74, 6) is -0.0923. The Hall–Kier alpha value is -1.05. The summed E-state index contributed by atoms with van der Waals surface area (Å²) in [5, 5.41) is 21.5. The highest BCUT2D eigenvalue weighted by atomic mass is 16.8. The van der Waals surface area contributed by atoms with E-state index in [1.165, 1.54) is 0 Å². The van der Waals surface area contributed by atoms with Crippen LogP contribution in [0.4, 0.5) is 0 Å². The first-order valence-corrected chi connectivity index (χ1v) is 5.31. The zero-order valence-corrected chi connectivity index (χ0v) is 9.36. The van der Waals surface area contributed by atoms with Gasteiger partial charge in [-0.05, 0) is 31.2 Å². The first-order valence-electron chi connectivity index (χ1n) is 5.31. The monoisotopic (exact) mass is 226 g/mol. The number of aliphatic hydroxyl groups excluding tert-OH is 1. The van der Waals surface area contributed by atoms with Crippen molar-refractivity contribution in [3.05, 3.63) is 5.82 Å². The molecule has 0 aromatic carbocycles. The fraction of sp³-hybridized carbons (Fsp3) is 0.889. The lowest BCUT2D eigenvalue weighted by molar-refractivity contribution is -0.156. The Morgan fingerprint density at radius 3 is 2.88 bits per heavy atom. The molecule has 4 atom stereocenters. The minimum absolute atomic E-state index is 0.205. The van der Waals surface area contributed by atoms with Crippen LogP contribution in [0.3, 0.4) is 0 Å². The zero-order valence-electron chi connectivity index (χ0n) is 9.36. The van der Waals surface area contributed by atoms with E-state index >= 15 is 0 Å². The third-order valence-corrected chi connectivity index (χ3v) is 3.12. The molecule has 3 rings (SSSR count). The molecule has 1 aromatic rings. The van der Waals surface area contributed by atoms with Gasteiger partial charge in [-0.3, -0.25) is 0 Å². The summed E-state index contributed by atoms with van der Waals surface area (Å²) in [6.45, 7) is 5.49. The summed E-state index contributed by atoms with van der Waals surface area (Å²) < 4.78 is 13.0. The first-order chi connectivity index (χ1) is 7.49. The summed E-state index contributed by atoms with van der Waals surface area (Å²) in [5.41, 5.74) is 0. The van der Waals surface area contributed by atoms with Crippen molar-refractivity contribution in [2.24, 2.45) is 0 Å². The SMILES string of the molecule is C[C@@H]1[C@@H](O)[C@@H]2OC(C)(C)O[C@@H]2c2nnnn21. The molecule has 1 fully saturated rings.